The van der Waals surface area contributed by atoms with Gasteiger partial charge in [-0.15, -0.1) is 0 Å². The van der Waals surface area contributed by atoms with Crippen LogP contribution in [0, 0.1) is 19.7 Å². The van der Waals surface area contributed by atoms with E-state index >= 15 is 0 Å². The van der Waals surface area contributed by atoms with Gasteiger partial charge in [-0.2, -0.15) is 0 Å². The molecule has 0 radical (unpaired) electrons. The quantitative estimate of drug-likeness (QED) is 0.868. The highest BCUT2D eigenvalue weighted by Crippen LogP contribution is 2.27. The third kappa shape index (κ3) is 3.20. The Kier molecular flexibility index (Phi) is 4.79. The van der Waals surface area contributed by atoms with E-state index in [9.17, 15) is 4.39 Å². The maximum atomic E-state index is 13.9. The van der Waals surface area contributed by atoms with Gasteiger partial charge in [-0.25, -0.2) is 4.39 Å². The molecule has 3 heteroatoms. The van der Waals surface area contributed by atoms with E-state index in [0.717, 1.165) is 0 Å². The summed E-state index contributed by atoms with van der Waals surface area (Å²) in [5, 5.41) is 3.75. The van der Waals surface area contributed by atoms with Crippen LogP contribution in [0.25, 0.3) is 0 Å². The van der Waals surface area contributed by atoms with Gasteiger partial charge in [-0.05, 0) is 50.6 Å². The molecule has 0 saturated carbocycles. The van der Waals surface area contributed by atoms with Gasteiger partial charge in [0.25, 0.3) is 0 Å². The van der Waals surface area contributed by atoms with Crippen LogP contribution < -0.4 is 5.32 Å². The van der Waals surface area contributed by atoms with Crippen LogP contribution in [-0.4, -0.2) is 7.05 Å². The normalized spacial score (nSPS) is 12.4. The van der Waals surface area contributed by atoms with E-state index in [1.807, 2.05) is 7.05 Å². The average Bonchev–Trinajstić information content (AvgIpc) is 2.42. The van der Waals surface area contributed by atoms with Gasteiger partial charge in [0.2, 0.25) is 0 Å². The molecule has 2 aromatic rings. The van der Waals surface area contributed by atoms with Gasteiger partial charge >= 0.3 is 0 Å². The van der Waals surface area contributed by atoms with Crippen molar-refractivity contribution in [3.8, 4) is 0 Å². The number of aryl methyl sites for hydroxylation is 2. The Hall–Kier alpha value is -1.38. The van der Waals surface area contributed by atoms with Gasteiger partial charge < -0.3 is 5.32 Å². The lowest BCUT2D eigenvalue weighted by molar-refractivity contribution is 0.552. The summed E-state index contributed by atoms with van der Waals surface area (Å²) in [6, 6.07) is 11.2. The maximum Gasteiger partial charge on any atom is 0.127 e. The fraction of sp³-hybridized carbons (Fsp3) is 0.294. The van der Waals surface area contributed by atoms with Crippen LogP contribution in [-0.2, 0) is 6.42 Å². The highest BCUT2D eigenvalue weighted by molar-refractivity contribution is 6.31. The van der Waals surface area contributed by atoms with Gasteiger partial charge in [-0.1, -0.05) is 41.4 Å². The van der Waals surface area contributed by atoms with E-state index in [2.05, 4.69) is 37.4 Å². The smallest absolute Gasteiger partial charge is 0.127 e. The topological polar surface area (TPSA) is 12.0 Å². The molecule has 0 bridgehead atoms. The molecule has 0 heterocycles. The van der Waals surface area contributed by atoms with Gasteiger partial charge in [0.15, 0.2) is 0 Å². The molecule has 1 N–H and O–H groups in total. The van der Waals surface area contributed by atoms with Crippen molar-refractivity contribution in [2.45, 2.75) is 26.3 Å². The van der Waals surface area contributed by atoms with E-state index in [1.165, 1.54) is 22.8 Å². The SMILES string of the molecule is CNC(Cc1c(F)cccc1Cl)c1cc(C)ccc1C. The molecule has 1 nitrogen and oxygen atoms in total. The minimum atomic E-state index is -0.247. The van der Waals surface area contributed by atoms with E-state index < -0.39 is 0 Å². The minimum absolute atomic E-state index is 0.0456. The number of likely N-dealkylation sites (N-methyl/N-ethyl adjacent to an activating group) is 1. The summed E-state index contributed by atoms with van der Waals surface area (Å²) in [6.07, 6.45) is 0.534. The Morgan fingerprint density at radius 1 is 1.20 bits per heavy atom. The molecule has 0 saturated heterocycles. The van der Waals surface area contributed by atoms with E-state index in [0.29, 0.717) is 17.0 Å². The molecule has 0 aliphatic carbocycles. The number of benzene rings is 2. The first-order valence-electron chi connectivity index (χ1n) is 6.70. The molecular weight excluding hydrogens is 273 g/mol. The summed E-state index contributed by atoms with van der Waals surface area (Å²) in [4.78, 5) is 0. The Bertz CT molecular complexity index is 590. The van der Waals surface area contributed by atoms with Crippen molar-refractivity contribution in [2.75, 3.05) is 7.05 Å². The summed E-state index contributed by atoms with van der Waals surface area (Å²) in [6.45, 7) is 4.13. The van der Waals surface area contributed by atoms with Crippen molar-refractivity contribution < 1.29 is 4.39 Å². The Labute approximate surface area is 124 Å². The largest absolute Gasteiger partial charge is 0.313 e. The summed E-state index contributed by atoms with van der Waals surface area (Å²) < 4.78 is 13.9. The summed E-state index contributed by atoms with van der Waals surface area (Å²) >= 11 is 6.12. The lowest BCUT2D eigenvalue weighted by Gasteiger charge is -2.20. The molecule has 0 amide bonds. The molecule has 0 aliphatic heterocycles. The second-order valence-electron chi connectivity index (χ2n) is 5.11. The first-order valence-corrected chi connectivity index (χ1v) is 7.08. The molecule has 106 valence electrons. The Morgan fingerprint density at radius 2 is 1.95 bits per heavy atom. The standard InChI is InChI=1S/C17H19ClFN/c1-11-7-8-12(2)13(9-11)17(20-3)10-14-15(18)5-4-6-16(14)19/h4-9,17,20H,10H2,1-3H3. The number of hydrogen-bond acceptors (Lipinski definition) is 1. The predicted molar refractivity (Wildman–Crippen MR) is 82.8 cm³/mol. The number of halogens is 2. The van der Waals surface area contributed by atoms with Crippen LogP contribution in [0.5, 0.6) is 0 Å². The highest BCUT2D eigenvalue weighted by Gasteiger charge is 2.17. The molecule has 2 aromatic carbocycles. The van der Waals surface area contributed by atoms with Crippen LogP contribution in [0.3, 0.4) is 0 Å². The number of hydrogen-bond donors (Lipinski definition) is 1. The highest BCUT2D eigenvalue weighted by atomic mass is 35.5. The zero-order valence-corrected chi connectivity index (χ0v) is 12.8. The Morgan fingerprint density at radius 3 is 2.60 bits per heavy atom. The van der Waals surface area contributed by atoms with Gasteiger partial charge in [0.05, 0.1) is 0 Å². The second-order valence-corrected chi connectivity index (χ2v) is 5.51. The fourth-order valence-corrected chi connectivity index (χ4v) is 2.67. The third-order valence-corrected chi connectivity index (χ3v) is 3.98. The van der Waals surface area contributed by atoms with Crippen LogP contribution in [0.2, 0.25) is 5.02 Å². The maximum absolute atomic E-state index is 13.9. The summed E-state index contributed by atoms with van der Waals surface area (Å²) in [7, 11) is 1.89. The second kappa shape index (κ2) is 6.38. The molecule has 20 heavy (non-hydrogen) atoms. The van der Waals surface area contributed by atoms with Gasteiger partial charge in [0, 0.05) is 16.6 Å². The fourth-order valence-electron chi connectivity index (χ4n) is 2.43. The molecule has 0 aliphatic rings. The lowest BCUT2D eigenvalue weighted by Crippen LogP contribution is -2.20. The number of rotatable bonds is 4. The van der Waals surface area contributed by atoms with E-state index in [1.54, 1.807) is 12.1 Å². The summed E-state index contributed by atoms with van der Waals surface area (Å²) in [5.41, 5.74) is 4.15. The van der Waals surface area contributed by atoms with Gasteiger partial charge in [-0.3, -0.25) is 0 Å². The number of nitrogens with one attached hydrogen (secondary N) is 1. The monoisotopic (exact) mass is 291 g/mol. The predicted octanol–water partition coefficient (Wildman–Crippen LogP) is 4.60. The van der Waals surface area contributed by atoms with Crippen LogP contribution in [0.4, 0.5) is 4.39 Å². The molecule has 0 aromatic heterocycles. The first kappa shape index (κ1) is 15.0. The van der Waals surface area contributed by atoms with Crippen LogP contribution >= 0.6 is 11.6 Å². The van der Waals surface area contributed by atoms with E-state index in [-0.39, 0.29) is 11.9 Å². The lowest BCUT2D eigenvalue weighted by atomic mass is 9.94. The molecular formula is C17H19ClFN. The molecule has 0 spiro atoms. The van der Waals surface area contributed by atoms with Crippen molar-refractivity contribution in [1.29, 1.82) is 0 Å². The third-order valence-electron chi connectivity index (χ3n) is 3.63. The van der Waals surface area contributed by atoms with Crippen molar-refractivity contribution in [1.82, 2.24) is 5.32 Å². The van der Waals surface area contributed by atoms with Crippen molar-refractivity contribution >= 4 is 11.6 Å². The zero-order valence-electron chi connectivity index (χ0n) is 12.0. The zero-order chi connectivity index (χ0) is 14.7. The summed E-state index contributed by atoms with van der Waals surface area (Å²) in [5.74, 6) is -0.247. The molecule has 2 rings (SSSR count). The van der Waals surface area contributed by atoms with Gasteiger partial charge in [0.1, 0.15) is 5.82 Å². The minimum Gasteiger partial charge on any atom is -0.313 e. The van der Waals surface area contributed by atoms with Crippen LogP contribution in [0.1, 0.15) is 28.3 Å². The van der Waals surface area contributed by atoms with Crippen LogP contribution in [0.15, 0.2) is 36.4 Å². The van der Waals surface area contributed by atoms with Crippen molar-refractivity contribution in [2.24, 2.45) is 0 Å². The molecule has 1 atom stereocenters. The molecule has 1 unspecified atom stereocenters. The Balaban J connectivity index is 2.36. The first-order chi connectivity index (χ1) is 9.52. The molecule has 0 fully saturated rings. The van der Waals surface area contributed by atoms with Crippen molar-refractivity contribution in [3.05, 3.63) is 69.5 Å². The van der Waals surface area contributed by atoms with Crippen molar-refractivity contribution in [3.63, 3.8) is 0 Å². The average molecular weight is 292 g/mol. The van der Waals surface area contributed by atoms with E-state index in [4.69, 9.17) is 11.6 Å².